The largest absolute Gasteiger partial charge is 0.370 e. The Kier molecular flexibility index (Phi) is 4.64. The molecule has 5 N–H and O–H groups in total. The van der Waals surface area contributed by atoms with Crippen LogP contribution in [0.2, 0.25) is 0 Å². The van der Waals surface area contributed by atoms with Crippen molar-refractivity contribution in [1.82, 2.24) is 4.72 Å². The highest BCUT2D eigenvalue weighted by molar-refractivity contribution is 7.78. The molecule has 0 bridgehead atoms. The molecule has 0 radical (unpaired) electrons. The van der Waals surface area contributed by atoms with E-state index < -0.39 is 17.7 Å². The molecule has 1 unspecified atom stereocenters. The molecule has 0 saturated heterocycles. The van der Waals surface area contributed by atoms with Crippen LogP contribution in [0.25, 0.3) is 0 Å². The van der Waals surface area contributed by atoms with Crippen molar-refractivity contribution < 1.29 is 9.59 Å². The Bertz CT molecular complexity index is 162. The number of carbonyl (C=O) groups is 2. The predicted molar refractivity (Wildman–Crippen MR) is 43.5 cm³/mol. The van der Waals surface area contributed by atoms with Crippen LogP contribution in [-0.2, 0) is 9.59 Å². The first-order valence-electron chi connectivity index (χ1n) is 3.02. The second kappa shape index (κ2) is 4.97. The molecule has 0 aliphatic heterocycles. The van der Waals surface area contributed by atoms with Crippen molar-refractivity contribution in [2.75, 3.05) is 6.54 Å². The molecule has 0 aromatic carbocycles. The van der Waals surface area contributed by atoms with E-state index in [2.05, 4.69) is 17.5 Å². The third-order valence-electron chi connectivity index (χ3n) is 1.19. The van der Waals surface area contributed by atoms with Crippen LogP contribution in [-0.4, -0.2) is 18.4 Å². The number of hydrogen-bond acceptors (Lipinski definition) is 4. The molecule has 0 aliphatic carbocycles. The van der Waals surface area contributed by atoms with Gasteiger partial charge < -0.3 is 11.5 Å². The van der Waals surface area contributed by atoms with E-state index >= 15 is 0 Å². The molecule has 0 saturated carbocycles. The minimum absolute atomic E-state index is 0.0388. The Hall–Kier alpha value is -0.750. The lowest BCUT2D eigenvalue weighted by Gasteiger charge is -2.08. The molecule has 6 heteroatoms. The molecule has 0 aliphatic rings. The van der Waals surface area contributed by atoms with Crippen molar-refractivity contribution in [3.05, 3.63) is 0 Å². The van der Waals surface area contributed by atoms with Crippen LogP contribution in [0.3, 0.4) is 0 Å². The van der Waals surface area contributed by atoms with Crippen molar-refractivity contribution in [2.45, 2.75) is 6.42 Å². The van der Waals surface area contributed by atoms with Crippen LogP contribution in [0, 0.1) is 5.92 Å². The maximum atomic E-state index is 10.6. The molecule has 2 amide bonds. The monoisotopic (exact) mass is 177 g/mol. The van der Waals surface area contributed by atoms with E-state index in [-0.39, 0.29) is 13.0 Å². The fourth-order valence-electron chi connectivity index (χ4n) is 0.626. The molecule has 0 aromatic rings. The molecule has 1 atom stereocenters. The zero-order chi connectivity index (χ0) is 8.85. The minimum Gasteiger partial charge on any atom is -0.370 e. The van der Waals surface area contributed by atoms with Gasteiger partial charge in [0.1, 0.15) is 0 Å². The smallest absolute Gasteiger partial charge is 0.222 e. The Morgan fingerprint density at radius 1 is 1.45 bits per heavy atom. The Morgan fingerprint density at radius 3 is 2.27 bits per heavy atom. The molecular formula is C5H11N3O2S. The van der Waals surface area contributed by atoms with Gasteiger partial charge in [0.05, 0.1) is 5.92 Å². The zero-order valence-corrected chi connectivity index (χ0v) is 6.80. The number of carbonyl (C=O) groups excluding carboxylic acids is 2. The van der Waals surface area contributed by atoms with Gasteiger partial charge in [0.15, 0.2) is 0 Å². The summed E-state index contributed by atoms with van der Waals surface area (Å²) in [7, 11) is 0. The van der Waals surface area contributed by atoms with Gasteiger partial charge in [0, 0.05) is 13.0 Å². The lowest BCUT2D eigenvalue weighted by atomic mass is 10.1. The summed E-state index contributed by atoms with van der Waals surface area (Å²) in [4.78, 5) is 20.9. The predicted octanol–water partition coefficient (Wildman–Crippen LogP) is -1.60. The average molecular weight is 177 g/mol. The van der Waals surface area contributed by atoms with Gasteiger partial charge in [-0.2, -0.15) is 0 Å². The molecule has 5 nitrogen and oxygen atoms in total. The molecule has 0 rings (SSSR count). The Labute approximate surface area is 70.0 Å². The summed E-state index contributed by atoms with van der Waals surface area (Å²) >= 11 is 3.67. The molecule has 0 heterocycles. The molecule has 0 fully saturated rings. The summed E-state index contributed by atoms with van der Waals surface area (Å²) in [6.45, 7) is 0.251. The van der Waals surface area contributed by atoms with E-state index in [1.165, 1.54) is 0 Å². The van der Waals surface area contributed by atoms with Gasteiger partial charge in [-0.3, -0.25) is 14.3 Å². The van der Waals surface area contributed by atoms with Crippen molar-refractivity contribution in [3.8, 4) is 0 Å². The Balaban J connectivity index is 3.89. The molecule has 0 spiro atoms. The van der Waals surface area contributed by atoms with Crippen molar-refractivity contribution in [2.24, 2.45) is 17.4 Å². The summed E-state index contributed by atoms with van der Waals surface area (Å²) in [6, 6.07) is 0. The van der Waals surface area contributed by atoms with Gasteiger partial charge >= 0.3 is 0 Å². The zero-order valence-electron chi connectivity index (χ0n) is 5.91. The van der Waals surface area contributed by atoms with Crippen LogP contribution in [0.15, 0.2) is 0 Å². The Morgan fingerprint density at radius 2 is 2.00 bits per heavy atom. The minimum atomic E-state index is -0.565. The summed E-state index contributed by atoms with van der Waals surface area (Å²) in [5.74, 6) is -1.66. The van der Waals surface area contributed by atoms with Gasteiger partial charge in [0.2, 0.25) is 11.8 Å². The highest BCUT2D eigenvalue weighted by atomic mass is 32.1. The lowest BCUT2D eigenvalue weighted by Crippen LogP contribution is -2.33. The van der Waals surface area contributed by atoms with Crippen molar-refractivity contribution in [3.63, 3.8) is 0 Å². The number of amides is 2. The molecule has 64 valence electrons. The average Bonchev–Trinajstić information content (AvgIpc) is 1.86. The van der Waals surface area contributed by atoms with E-state index in [4.69, 9.17) is 11.5 Å². The van der Waals surface area contributed by atoms with Crippen LogP contribution >= 0.6 is 12.8 Å². The van der Waals surface area contributed by atoms with E-state index in [9.17, 15) is 9.59 Å². The normalized spacial score (nSPS) is 12.5. The van der Waals surface area contributed by atoms with E-state index in [0.717, 1.165) is 0 Å². The van der Waals surface area contributed by atoms with Gasteiger partial charge in [-0.1, -0.05) is 12.8 Å². The van der Waals surface area contributed by atoms with E-state index in [0.29, 0.717) is 0 Å². The second-order valence-electron chi connectivity index (χ2n) is 2.13. The first kappa shape index (κ1) is 10.2. The fraction of sp³-hybridized carbons (Fsp3) is 0.600. The third-order valence-corrected chi connectivity index (χ3v) is 1.37. The van der Waals surface area contributed by atoms with E-state index in [1.54, 1.807) is 0 Å². The molecular weight excluding hydrogens is 166 g/mol. The first-order chi connectivity index (χ1) is 5.07. The summed E-state index contributed by atoms with van der Waals surface area (Å²) < 4.78 is 2.44. The number of primary amides is 2. The second-order valence-corrected chi connectivity index (χ2v) is 2.45. The number of hydrogen-bond donors (Lipinski definition) is 4. The molecule has 0 aromatic heterocycles. The standard InChI is InChI=1S/C5H11N3O2S/c6-4(9)1-3(2-8-11)5(7)10/h3,8,11H,1-2H2,(H2,6,9)(H2,7,10). The highest BCUT2D eigenvalue weighted by Crippen LogP contribution is 1.99. The maximum absolute atomic E-state index is 10.6. The molecule has 11 heavy (non-hydrogen) atoms. The maximum Gasteiger partial charge on any atom is 0.222 e. The fourth-order valence-corrected chi connectivity index (χ4v) is 0.847. The van der Waals surface area contributed by atoms with Crippen molar-refractivity contribution in [1.29, 1.82) is 0 Å². The van der Waals surface area contributed by atoms with Gasteiger partial charge in [-0.05, 0) is 0 Å². The van der Waals surface area contributed by atoms with E-state index in [1.807, 2.05) is 0 Å². The van der Waals surface area contributed by atoms with Gasteiger partial charge in [0.25, 0.3) is 0 Å². The number of rotatable bonds is 5. The number of nitrogens with two attached hydrogens (primary N) is 2. The quantitative estimate of drug-likeness (QED) is 0.380. The SMILES string of the molecule is NC(=O)CC(CNS)C(N)=O. The lowest BCUT2D eigenvalue weighted by molar-refractivity contribution is -0.126. The summed E-state index contributed by atoms with van der Waals surface area (Å²) in [6.07, 6.45) is -0.0388. The summed E-state index contributed by atoms with van der Waals surface area (Å²) in [5.41, 5.74) is 9.81. The summed E-state index contributed by atoms with van der Waals surface area (Å²) in [5, 5.41) is 0. The van der Waals surface area contributed by atoms with Crippen LogP contribution in [0.1, 0.15) is 6.42 Å². The van der Waals surface area contributed by atoms with Crippen LogP contribution < -0.4 is 16.2 Å². The number of thiol groups is 1. The number of nitrogens with one attached hydrogen (secondary N) is 1. The highest BCUT2D eigenvalue weighted by Gasteiger charge is 2.16. The van der Waals surface area contributed by atoms with Crippen LogP contribution in [0.5, 0.6) is 0 Å². The van der Waals surface area contributed by atoms with Gasteiger partial charge in [-0.15, -0.1) is 0 Å². The first-order valence-corrected chi connectivity index (χ1v) is 3.47. The van der Waals surface area contributed by atoms with Gasteiger partial charge in [-0.25, -0.2) is 0 Å². The topological polar surface area (TPSA) is 98.2 Å². The van der Waals surface area contributed by atoms with Crippen molar-refractivity contribution >= 4 is 24.6 Å². The third kappa shape index (κ3) is 4.63. The van der Waals surface area contributed by atoms with Crippen LogP contribution in [0.4, 0.5) is 0 Å².